The average molecular weight is 378 g/mol. The highest BCUT2D eigenvalue weighted by molar-refractivity contribution is 6.03. The van der Waals surface area contributed by atoms with E-state index in [-0.39, 0.29) is 12.3 Å². The summed E-state index contributed by atoms with van der Waals surface area (Å²) in [5, 5.41) is 3.54. The van der Waals surface area contributed by atoms with Crippen LogP contribution in [0.2, 0.25) is 0 Å². The molecule has 1 saturated heterocycles. The smallest absolute Gasteiger partial charge is 0.362 e. The number of fused-ring (bicyclic) bond motifs is 1. The van der Waals surface area contributed by atoms with Gasteiger partial charge in [-0.05, 0) is 43.5 Å². The zero-order valence-electron chi connectivity index (χ0n) is 15.7. The van der Waals surface area contributed by atoms with Gasteiger partial charge in [0.2, 0.25) is 0 Å². The van der Waals surface area contributed by atoms with Crippen LogP contribution < -0.4 is 20.6 Å². The fourth-order valence-electron chi connectivity index (χ4n) is 3.55. The fourth-order valence-corrected chi connectivity index (χ4v) is 3.55. The van der Waals surface area contributed by atoms with Crippen LogP contribution in [0.4, 0.5) is 11.4 Å². The molecule has 3 aromatic rings. The Morgan fingerprint density at radius 2 is 1.82 bits per heavy atom. The number of carbonyl (C=O) groups excluding carboxylic acids is 1. The molecular formula is C22H22N2O4. The van der Waals surface area contributed by atoms with E-state index in [9.17, 15) is 9.59 Å². The maximum absolute atomic E-state index is 12.6. The topological polar surface area (TPSA) is 71.8 Å². The molecule has 2 aromatic carbocycles. The molecule has 4 rings (SSSR count). The van der Waals surface area contributed by atoms with Gasteiger partial charge in [0.15, 0.2) is 12.3 Å². The fraction of sp³-hybridized carbons (Fsp3) is 0.273. The molecule has 1 aliphatic rings. The standard InChI is InChI=1S/C22H22N2O4/c1-15-8-2-4-10-17(15)27-14-19(25)23-20-21(24-12-6-7-13-24)16-9-3-5-11-18(16)28-22(20)26/h2-5,8-11H,6-7,12-14H2,1H3,(H,23,25). The molecule has 0 saturated carbocycles. The van der Waals surface area contributed by atoms with Crippen LogP contribution in [0.15, 0.2) is 57.7 Å². The molecule has 0 bridgehead atoms. The molecule has 0 radical (unpaired) electrons. The van der Waals surface area contributed by atoms with Gasteiger partial charge in [-0.15, -0.1) is 0 Å². The van der Waals surface area contributed by atoms with Crippen molar-refractivity contribution >= 4 is 28.3 Å². The minimum Gasteiger partial charge on any atom is -0.483 e. The van der Waals surface area contributed by atoms with Crippen LogP contribution in [0.1, 0.15) is 18.4 Å². The third-order valence-electron chi connectivity index (χ3n) is 4.92. The number of hydrogen-bond donors (Lipinski definition) is 1. The summed E-state index contributed by atoms with van der Waals surface area (Å²) in [5.74, 6) is 0.245. The van der Waals surface area contributed by atoms with Crippen molar-refractivity contribution < 1.29 is 13.9 Å². The van der Waals surface area contributed by atoms with Gasteiger partial charge in [-0.25, -0.2) is 4.79 Å². The lowest BCUT2D eigenvalue weighted by Crippen LogP contribution is -2.28. The Morgan fingerprint density at radius 1 is 1.11 bits per heavy atom. The van der Waals surface area contributed by atoms with E-state index in [0.717, 1.165) is 42.6 Å². The SMILES string of the molecule is Cc1ccccc1OCC(=O)Nc1c(N2CCCC2)c2ccccc2oc1=O. The Morgan fingerprint density at radius 3 is 2.61 bits per heavy atom. The van der Waals surface area contributed by atoms with Crippen molar-refractivity contribution in [2.45, 2.75) is 19.8 Å². The number of benzene rings is 2. The van der Waals surface area contributed by atoms with Crippen molar-refractivity contribution in [3.8, 4) is 5.75 Å². The van der Waals surface area contributed by atoms with E-state index in [1.807, 2.05) is 49.4 Å². The summed E-state index contributed by atoms with van der Waals surface area (Å²) in [4.78, 5) is 27.3. The van der Waals surface area contributed by atoms with Gasteiger partial charge in [-0.2, -0.15) is 0 Å². The molecule has 1 fully saturated rings. The Labute approximate surface area is 162 Å². The van der Waals surface area contributed by atoms with Gasteiger partial charge < -0.3 is 19.4 Å². The Kier molecular flexibility index (Phi) is 5.02. The highest BCUT2D eigenvalue weighted by Crippen LogP contribution is 2.34. The van der Waals surface area contributed by atoms with Gasteiger partial charge in [0.05, 0.1) is 5.69 Å². The molecule has 1 N–H and O–H groups in total. The average Bonchev–Trinajstić information content (AvgIpc) is 3.22. The first kappa shape index (κ1) is 18.1. The van der Waals surface area contributed by atoms with Crippen LogP contribution in [0, 0.1) is 6.92 Å². The lowest BCUT2D eigenvalue weighted by atomic mass is 10.1. The minimum atomic E-state index is -0.551. The van der Waals surface area contributed by atoms with Crippen LogP contribution in [0.3, 0.4) is 0 Å². The van der Waals surface area contributed by atoms with E-state index in [0.29, 0.717) is 11.3 Å². The van der Waals surface area contributed by atoms with Crippen LogP contribution in [-0.2, 0) is 4.79 Å². The molecule has 2 heterocycles. The third kappa shape index (κ3) is 3.58. The first-order valence-corrected chi connectivity index (χ1v) is 9.42. The van der Waals surface area contributed by atoms with Crippen molar-refractivity contribution in [1.82, 2.24) is 0 Å². The summed E-state index contributed by atoms with van der Waals surface area (Å²) in [7, 11) is 0. The van der Waals surface area contributed by atoms with Crippen LogP contribution in [-0.4, -0.2) is 25.6 Å². The Bertz CT molecular complexity index is 1070. The normalized spacial score (nSPS) is 13.7. The van der Waals surface area contributed by atoms with E-state index >= 15 is 0 Å². The summed E-state index contributed by atoms with van der Waals surface area (Å²) in [6, 6.07) is 14.9. The lowest BCUT2D eigenvalue weighted by molar-refractivity contribution is -0.118. The van der Waals surface area contributed by atoms with Crippen molar-refractivity contribution in [3.63, 3.8) is 0 Å². The Balaban J connectivity index is 1.63. The molecule has 0 atom stereocenters. The van der Waals surface area contributed by atoms with Gasteiger partial charge in [0.1, 0.15) is 11.3 Å². The molecule has 6 heteroatoms. The summed E-state index contributed by atoms with van der Waals surface area (Å²) in [6.07, 6.45) is 2.11. The number of aryl methyl sites for hydroxylation is 1. The lowest BCUT2D eigenvalue weighted by Gasteiger charge is -2.22. The minimum absolute atomic E-state index is 0.180. The monoisotopic (exact) mass is 378 g/mol. The molecule has 28 heavy (non-hydrogen) atoms. The molecule has 1 aromatic heterocycles. The van der Waals surface area contributed by atoms with E-state index < -0.39 is 11.5 Å². The van der Waals surface area contributed by atoms with Gasteiger partial charge >= 0.3 is 5.63 Å². The molecule has 0 aliphatic carbocycles. The quantitative estimate of drug-likeness (QED) is 0.685. The second-order valence-corrected chi connectivity index (χ2v) is 6.91. The largest absolute Gasteiger partial charge is 0.483 e. The number of hydrogen-bond acceptors (Lipinski definition) is 5. The molecular weight excluding hydrogens is 356 g/mol. The number of ether oxygens (including phenoxy) is 1. The van der Waals surface area contributed by atoms with Crippen molar-refractivity contribution in [2.24, 2.45) is 0 Å². The third-order valence-corrected chi connectivity index (χ3v) is 4.92. The van der Waals surface area contributed by atoms with Crippen LogP contribution in [0.25, 0.3) is 11.0 Å². The number of carbonyl (C=O) groups is 1. The molecule has 1 amide bonds. The maximum atomic E-state index is 12.6. The number of nitrogens with one attached hydrogen (secondary N) is 1. The van der Waals surface area contributed by atoms with Gasteiger partial charge in [-0.3, -0.25) is 4.79 Å². The second kappa shape index (κ2) is 7.76. The molecule has 6 nitrogen and oxygen atoms in total. The van der Waals surface area contributed by atoms with Crippen LogP contribution in [0.5, 0.6) is 5.75 Å². The number of para-hydroxylation sites is 2. The molecule has 0 spiro atoms. The van der Waals surface area contributed by atoms with Crippen molar-refractivity contribution in [2.75, 3.05) is 29.9 Å². The Hall–Kier alpha value is -3.28. The molecule has 144 valence electrons. The summed E-state index contributed by atoms with van der Waals surface area (Å²) in [5.41, 5.74) is 1.82. The number of anilines is 2. The highest BCUT2D eigenvalue weighted by Gasteiger charge is 2.24. The van der Waals surface area contributed by atoms with E-state index in [2.05, 4.69) is 10.2 Å². The highest BCUT2D eigenvalue weighted by atomic mass is 16.5. The van der Waals surface area contributed by atoms with Gasteiger partial charge in [0, 0.05) is 18.5 Å². The maximum Gasteiger partial charge on any atom is 0.362 e. The van der Waals surface area contributed by atoms with Gasteiger partial charge in [0.25, 0.3) is 5.91 Å². The van der Waals surface area contributed by atoms with Gasteiger partial charge in [-0.1, -0.05) is 30.3 Å². The predicted molar refractivity (Wildman–Crippen MR) is 109 cm³/mol. The zero-order valence-corrected chi connectivity index (χ0v) is 15.7. The van der Waals surface area contributed by atoms with Crippen molar-refractivity contribution in [3.05, 3.63) is 64.5 Å². The molecule has 1 aliphatic heterocycles. The molecule has 0 unspecified atom stereocenters. The summed E-state index contributed by atoms with van der Waals surface area (Å²) < 4.78 is 11.0. The van der Waals surface area contributed by atoms with Crippen LogP contribution >= 0.6 is 0 Å². The van der Waals surface area contributed by atoms with E-state index in [1.165, 1.54) is 0 Å². The number of rotatable bonds is 5. The second-order valence-electron chi connectivity index (χ2n) is 6.91. The van der Waals surface area contributed by atoms with Crippen molar-refractivity contribution in [1.29, 1.82) is 0 Å². The zero-order chi connectivity index (χ0) is 19.5. The van der Waals surface area contributed by atoms with E-state index in [1.54, 1.807) is 6.07 Å². The summed E-state index contributed by atoms with van der Waals surface area (Å²) >= 11 is 0. The first-order valence-electron chi connectivity index (χ1n) is 9.42. The first-order chi connectivity index (χ1) is 13.6. The summed E-state index contributed by atoms with van der Waals surface area (Å²) in [6.45, 7) is 3.42. The van der Waals surface area contributed by atoms with E-state index in [4.69, 9.17) is 9.15 Å². The predicted octanol–water partition coefficient (Wildman–Crippen LogP) is 3.72. The number of amides is 1. The number of nitrogens with zero attached hydrogens (tertiary/aromatic N) is 1.